The van der Waals surface area contributed by atoms with Crippen molar-refractivity contribution in [1.29, 1.82) is 0 Å². The number of rotatable bonds is 14. The highest BCUT2D eigenvalue weighted by molar-refractivity contribution is 5.97. The highest BCUT2D eigenvalue weighted by Gasteiger charge is 2.29. The number of likely N-dealkylation sites (tertiary alicyclic amines) is 2. The molecule has 0 amide bonds. The molecule has 0 aliphatic carbocycles. The lowest BCUT2D eigenvalue weighted by molar-refractivity contribution is -0.135. The molecule has 0 aromatic heterocycles. The Labute approximate surface area is 329 Å². The maximum Gasteiger partial charge on any atom is 0.330 e. The van der Waals surface area contributed by atoms with Crippen molar-refractivity contribution in [3.63, 3.8) is 0 Å². The average molecular weight is 761 g/mol. The SMILES string of the molecule is COC(=O)/C=C/c1ccc(C2CCCN2CC(=O)c2ccc(OC)cc2)cc1.COC(=O)/C=C/c1ccc(C2CCCN2CC(O)c2ccc(OC)cc2)cc1. The van der Waals surface area contributed by atoms with Gasteiger partial charge in [0.15, 0.2) is 5.78 Å². The molecule has 2 heterocycles. The highest BCUT2D eigenvalue weighted by Crippen LogP contribution is 2.34. The molecular weight excluding hydrogens is 709 g/mol. The molecule has 294 valence electrons. The van der Waals surface area contributed by atoms with Gasteiger partial charge in [-0.3, -0.25) is 14.6 Å². The van der Waals surface area contributed by atoms with Crippen LogP contribution in [0.4, 0.5) is 0 Å². The lowest BCUT2D eigenvalue weighted by Crippen LogP contribution is -2.29. The van der Waals surface area contributed by atoms with Gasteiger partial charge in [0.1, 0.15) is 11.5 Å². The van der Waals surface area contributed by atoms with Gasteiger partial charge in [-0.1, -0.05) is 60.7 Å². The number of ketones is 1. The third-order valence-corrected chi connectivity index (χ3v) is 10.3. The molecule has 2 saturated heterocycles. The molecule has 0 saturated carbocycles. The van der Waals surface area contributed by atoms with Crippen molar-refractivity contribution in [3.8, 4) is 11.5 Å². The number of benzene rings is 4. The normalized spacial score (nSPS) is 17.7. The summed E-state index contributed by atoms with van der Waals surface area (Å²) in [6.45, 7) is 2.89. The van der Waals surface area contributed by atoms with Crippen molar-refractivity contribution in [2.45, 2.75) is 43.9 Å². The molecule has 2 aliphatic rings. The molecule has 0 bridgehead atoms. The van der Waals surface area contributed by atoms with Crippen LogP contribution in [0.3, 0.4) is 0 Å². The van der Waals surface area contributed by atoms with Crippen molar-refractivity contribution in [3.05, 3.63) is 143 Å². The Morgan fingerprint density at radius 1 is 0.643 bits per heavy atom. The van der Waals surface area contributed by atoms with Gasteiger partial charge in [0.05, 0.1) is 41.1 Å². The summed E-state index contributed by atoms with van der Waals surface area (Å²) in [7, 11) is 5.97. The summed E-state index contributed by atoms with van der Waals surface area (Å²) in [5.74, 6) is 0.919. The number of aliphatic hydroxyl groups is 1. The Balaban J connectivity index is 0.000000214. The maximum absolute atomic E-state index is 12.7. The number of ether oxygens (including phenoxy) is 4. The van der Waals surface area contributed by atoms with Crippen LogP contribution in [0.5, 0.6) is 11.5 Å². The Hall–Kier alpha value is -5.55. The second-order valence-electron chi connectivity index (χ2n) is 13.8. The third kappa shape index (κ3) is 11.7. The summed E-state index contributed by atoms with van der Waals surface area (Å²) < 4.78 is 19.6. The van der Waals surface area contributed by atoms with E-state index < -0.39 is 6.10 Å². The van der Waals surface area contributed by atoms with E-state index in [1.165, 1.54) is 37.5 Å². The van der Waals surface area contributed by atoms with E-state index in [9.17, 15) is 19.5 Å². The summed E-state index contributed by atoms with van der Waals surface area (Å²) in [6.07, 6.45) is 10.1. The number of carbonyl (C=O) groups excluding carboxylic acids is 3. The van der Waals surface area contributed by atoms with Gasteiger partial charge in [0, 0.05) is 36.3 Å². The van der Waals surface area contributed by atoms with Crippen molar-refractivity contribution in [2.75, 3.05) is 54.6 Å². The summed E-state index contributed by atoms with van der Waals surface area (Å²) in [5, 5.41) is 10.7. The zero-order valence-electron chi connectivity index (χ0n) is 32.6. The van der Waals surface area contributed by atoms with Crippen molar-refractivity contribution in [1.82, 2.24) is 9.80 Å². The molecule has 10 nitrogen and oxygen atoms in total. The molecule has 1 N–H and O–H groups in total. The van der Waals surface area contributed by atoms with Crippen LogP contribution < -0.4 is 9.47 Å². The zero-order valence-corrected chi connectivity index (χ0v) is 32.6. The fourth-order valence-corrected chi connectivity index (χ4v) is 7.14. The van der Waals surface area contributed by atoms with Crippen LogP contribution in [-0.2, 0) is 19.1 Å². The van der Waals surface area contributed by atoms with Crippen LogP contribution in [0.25, 0.3) is 12.2 Å². The minimum atomic E-state index is -0.534. The Morgan fingerprint density at radius 3 is 1.55 bits per heavy atom. The fourth-order valence-electron chi connectivity index (χ4n) is 7.14. The number of methoxy groups -OCH3 is 4. The van der Waals surface area contributed by atoms with Crippen LogP contribution in [0.1, 0.15) is 82.0 Å². The van der Waals surface area contributed by atoms with Gasteiger partial charge in [-0.05, 0) is 115 Å². The summed E-state index contributed by atoms with van der Waals surface area (Å²) in [6, 6.07) is 31.7. The minimum Gasteiger partial charge on any atom is -0.497 e. The van der Waals surface area contributed by atoms with Crippen molar-refractivity contribution in [2.24, 2.45) is 0 Å². The van der Waals surface area contributed by atoms with Crippen LogP contribution in [0, 0.1) is 0 Å². The number of hydrogen-bond acceptors (Lipinski definition) is 10. The first-order valence-electron chi connectivity index (χ1n) is 18.9. The number of hydrogen-bond donors (Lipinski definition) is 1. The summed E-state index contributed by atoms with van der Waals surface area (Å²) in [4.78, 5) is 39.7. The minimum absolute atomic E-state index is 0.118. The van der Waals surface area contributed by atoms with Crippen molar-refractivity contribution < 1.29 is 38.4 Å². The molecule has 10 heteroatoms. The van der Waals surface area contributed by atoms with E-state index in [0.29, 0.717) is 24.7 Å². The maximum atomic E-state index is 12.7. The quantitative estimate of drug-likeness (QED) is 0.0781. The number of esters is 2. The van der Waals surface area contributed by atoms with Gasteiger partial charge in [0.2, 0.25) is 0 Å². The van der Waals surface area contributed by atoms with E-state index in [-0.39, 0.29) is 23.8 Å². The smallest absolute Gasteiger partial charge is 0.330 e. The average Bonchev–Trinajstić information content (AvgIpc) is 3.92. The largest absolute Gasteiger partial charge is 0.497 e. The molecule has 56 heavy (non-hydrogen) atoms. The van der Waals surface area contributed by atoms with Gasteiger partial charge in [0.25, 0.3) is 0 Å². The molecule has 3 unspecified atom stereocenters. The monoisotopic (exact) mass is 760 g/mol. The molecule has 4 aromatic carbocycles. The van der Waals surface area contributed by atoms with E-state index in [2.05, 4.69) is 43.5 Å². The lowest BCUT2D eigenvalue weighted by Gasteiger charge is -2.27. The van der Waals surface area contributed by atoms with Gasteiger partial charge in [-0.2, -0.15) is 0 Å². The fraction of sp³-hybridized carbons (Fsp3) is 0.326. The summed E-state index contributed by atoms with van der Waals surface area (Å²) >= 11 is 0. The molecule has 0 spiro atoms. The number of Topliss-reactive ketones (excluding diaryl/α,β-unsaturated/α-hetero) is 1. The molecule has 4 aromatic rings. The molecular formula is C46H52N2O8. The van der Waals surface area contributed by atoms with Crippen LogP contribution in [0.2, 0.25) is 0 Å². The molecule has 0 radical (unpaired) electrons. The van der Waals surface area contributed by atoms with Gasteiger partial charge in [-0.15, -0.1) is 0 Å². The first kappa shape index (κ1) is 41.6. The van der Waals surface area contributed by atoms with Crippen LogP contribution in [-0.4, -0.2) is 87.2 Å². The van der Waals surface area contributed by atoms with Gasteiger partial charge in [-0.25, -0.2) is 9.59 Å². The second kappa shape index (κ2) is 20.9. The first-order valence-corrected chi connectivity index (χ1v) is 18.9. The molecule has 3 atom stereocenters. The Morgan fingerprint density at radius 2 is 1.09 bits per heavy atom. The predicted octanol–water partition coefficient (Wildman–Crippen LogP) is 7.65. The number of nitrogens with zero attached hydrogens (tertiary/aromatic N) is 2. The van der Waals surface area contributed by atoms with Gasteiger partial charge < -0.3 is 24.1 Å². The first-order chi connectivity index (χ1) is 27.2. The lowest BCUT2D eigenvalue weighted by atomic mass is 10.0. The molecule has 2 aliphatic heterocycles. The van der Waals surface area contributed by atoms with E-state index in [1.54, 1.807) is 26.4 Å². The molecule has 2 fully saturated rings. The number of carbonyl (C=O) groups is 3. The molecule has 6 rings (SSSR count). The third-order valence-electron chi connectivity index (χ3n) is 10.3. The van der Waals surface area contributed by atoms with Crippen LogP contribution in [0.15, 0.2) is 109 Å². The summed E-state index contributed by atoms with van der Waals surface area (Å²) in [5.41, 5.74) is 5.92. The highest BCUT2D eigenvalue weighted by atomic mass is 16.5. The Bertz CT molecular complexity index is 1920. The number of β-amino-alcohol motifs (C(OH)–C–C–N with tert-alkyl or cyclic N) is 1. The topological polar surface area (TPSA) is 115 Å². The Kier molecular flexibility index (Phi) is 15.6. The number of aliphatic hydroxyl groups excluding tert-OH is 1. The van der Waals surface area contributed by atoms with Crippen LogP contribution >= 0.6 is 0 Å². The van der Waals surface area contributed by atoms with E-state index >= 15 is 0 Å². The zero-order chi connectivity index (χ0) is 39.9. The van der Waals surface area contributed by atoms with E-state index in [0.717, 1.165) is 67.0 Å². The predicted molar refractivity (Wildman–Crippen MR) is 217 cm³/mol. The van der Waals surface area contributed by atoms with E-state index in [4.69, 9.17) is 9.47 Å². The second-order valence-corrected chi connectivity index (χ2v) is 13.8. The van der Waals surface area contributed by atoms with Gasteiger partial charge >= 0.3 is 11.9 Å². The van der Waals surface area contributed by atoms with E-state index in [1.807, 2.05) is 72.8 Å². The van der Waals surface area contributed by atoms with Crippen molar-refractivity contribution >= 4 is 29.9 Å². The standard InChI is InChI=1S/C23H27NO4.C23H25NO4/c2*1-27-20-12-10-19(11-13-20)22(25)16-24-15-3-4-21(24)18-8-5-17(6-9-18)7-14-23(26)28-2/h5-14,21-22,25H,3-4,15-16H2,1-2H3;5-14,21H,3-4,15-16H2,1-2H3/b2*14-7+.